The van der Waals surface area contributed by atoms with Crippen molar-refractivity contribution in [3.63, 3.8) is 0 Å². The van der Waals surface area contributed by atoms with Crippen LogP contribution in [0.25, 0.3) is 22.4 Å². The first-order chi connectivity index (χ1) is 14.5. The lowest BCUT2D eigenvalue weighted by atomic mass is 9.98. The first-order valence-corrected chi connectivity index (χ1v) is 10.1. The molecule has 152 valence electrons. The molecule has 0 aliphatic rings. The Kier molecular flexibility index (Phi) is 5.53. The van der Waals surface area contributed by atoms with Crippen LogP contribution >= 0.6 is 11.6 Å². The highest BCUT2D eigenvalue weighted by Gasteiger charge is 2.24. The number of nitrogens with zero attached hydrogens (tertiary/aromatic N) is 4. The SMILES string of the molecule is Cc1nn(C(CN)c2ccccc2)c(C)c1-c1ncnc(N)c1-c1ccc(Cl)cc1. The zero-order valence-corrected chi connectivity index (χ0v) is 17.6. The van der Waals surface area contributed by atoms with Gasteiger partial charge in [-0.3, -0.25) is 4.68 Å². The summed E-state index contributed by atoms with van der Waals surface area (Å²) in [6.07, 6.45) is 1.48. The quantitative estimate of drug-likeness (QED) is 0.500. The minimum absolute atomic E-state index is 0.0724. The van der Waals surface area contributed by atoms with Gasteiger partial charge in [-0.1, -0.05) is 54.1 Å². The average molecular weight is 419 g/mol. The number of rotatable bonds is 5. The molecule has 6 nitrogen and oxygen atoms in total. The van der Waals surface area contributed by atoms with E-state index < -0.39 is 0 Å². The summed E-state index contributed by atoms with van der Waals surface area (Å²) in [4.78, 5) is 8.81. The van der Waals surface area contributed by atoms with Crippen LogP contribution in [0.5, 0.6) is 0 Å². The van der Waals surface area contributed by atoms with Gasteiger partial charge in [0.15, 0.2) is 0 Å². The van der Waals surface area contributed by atoms with Crippen molar-refractivity contribution in [2.24, 2.45) is 5.73 Å². The number of anilines is 1. The minimum Gasteiger partial charge on any atom is -0.383 e. The first kappa shape index (κ1) is 20.1. The minimum atomic E-state index is -0.0724. The van der Waals surface area contributed by atoms with Crippen LogP contribution in [0, 0.1) is 13.8 Å². The highest BCUT2D eigenvalue weighted by molar-refractivity contribution is 6.30. The molecule has 7 heteroatoms. The Morgan fingerprint density at radius 3 is 2.33 bits per heavy atom. The molecule has 1 unspecified atom stereocenters. The van der Waals surface area contributed by atoms with Crippen LogP contribution in [0.4, 0.5) is 5.82 Å². The monoisotopic (exact) mass is 418 g/mol. The number of nitrogen functional groups attached to an aromatic ring is 1. The molecule has 0 aliphatic heterocycles. The Labute approximate surface area is 180 Å². The molecule has 0 saturated heterocycles. The van der Waals surface area contributed by atoms with Crippen molar-refractivity contribution in [1.82, 2.24) is 19.7 Å². The molecule has 0 saturated carbocycles. The third-order valence-corrected chi connectivity index (χ3v) is 5.53. The van der Waals surface area contributed by atoms with Gasteiger partial charge >= 0.3 is 0 Å². The summed E-state index contributed by atoms with van der Waals surface area (Å²) in [5, 5.41) is 5.48. The van der Waals surface area contributed by atoms with Gasteiger partial charge in [-0.2, -0.15) is 5.10 Å². The lowest BCUT2D eigenvalue weighted by Gasteiger charge is -2.18. The fraction of sp³-hybridized carbons (Fsp3) is 0.174. The second kappa shape index (κ2) is 8.26. The van der Waals surface area contributed by atoms with Crippen LogP contribution in [0.2, 0.25) is 5.02 Å². The van der Waals surface area contributed by atoms with E-state index in [2.05, 4.69) is 22.1 Å². The van der Waals surface area contributed by atoms with Crippen LogP contribution in [-0.4, -0.2) is 26.3 Å². The number of aromatic nitrogens is 4. The van der Waals surface area contributed by atoms with E-state index in [4.69, 9.17) is 28.2 Å². The Morgan fingerprint density at radius 1 is 0.967 bits per heavy atom. The molecule has 1 atom stereocenters. The molecule has 4 rings (SSSR count). The molecule has 0 bridgehead atoms. The van der Waals surface area contributed by atoms with Crippen molar-refractivity contribution in [2.75, 3.05) is 12.3 Å². The van der Waals surface area contributed by atoms with Crippen molar-refractivity contribution < 1.29 is 0 Å². The Morgan fingerprint density at radius 2 is 1.67 bits per heavy atom. The van der Waals surface area contributed by atoms with E-state index in [0.717, 1.165) is 39.3 Å². The maximum atomic E-state index is 6.28. The highest BCUT2D eigenvalue weighted by Crippen LogP contribution is 2.38. The normalized spacial score (nSPS) is 12.1. The van der Waals surface area contributed by atoms with Gasteiger partial charge in [0, 0.05) is 22.8 Å². The second-order valence-electron chi connectivity index (χ2n) is 7.14. The molecule has 0 amide bonds. The lowest BCUT2D eigenvalue weighted by molar-refractivity contribution is 0.517. The zero-order chi connectivity index (χ0) is 21.3. The van der Waals surface area contributed by atoms with Gasteiger partial charge in [0.1, 0.15) is 12.1 Å². The van der Waals surface area contributed by atoms with Gasteiger partial charge in [-0.05, 0) is 37.1 Å². The van der Waals surface area contributed by atoms with Gasteiger partial charge in [0.05, 0.1) is 23.0 Å². The second-order valence-corrected chi connectivity index (χ2v) is 7.58. The average Bonchev–Trinajstić information content (AvgIpc) is 3.04. The molecule has 0 spiro atoms. The summed E-state index contributed by atoms with van der Waals surface area (Å²) >= 11 is 6.07. The maximum Gasteiger partial charge on any atom is 0.135 e. The fourth-order valence-corrected chi connectivity index (χ4v) is 3.98. The van der Waals surface area contributed by atoms with Gasteiger partial charge in [0.2, 0.25) is 0 Å². The van der Waals surface area contributed by atoms with E-state index in [0.29, 0.717) is 17.4 Å². The van der Waals surface area contributed by atoms with Crippen LogP contribution in [0.3, 0.4) is 0 Å². The van der Waals surface area contributed by atoms with Crippen LogP contribution in [-0.2, 0) is 0 Å². The third-order valence-electron chi connectivity index (χ3n) is 5.27. The summed E-state index contributed by atoms with van der Waals surface area (Å²) in [6.45, 7) is 4.44. The van der Waals surface area contributed by atoms with Gasteiger partial charge < -0.3 is 11.5 Å². The van der Waals surface area contributed by atoms with E-state index in [1.807, 2.05) is 61.0 Å². The van der Waals surface area contributed by atoms with E-state index in [9.17, 15) is 0 Å². The summed E-state index contributed by atoms with van der Waals surface area (Å²) in [6, 6.07) is 17.6. The molecule has 0 fully saturated rings. The third kappa shape index (κ3) is 3.56. The topological polar surface area (TPSA) is 95.6 Å². The van der Waals surface area contributed by atoms with Crippen LogP contribution in [0.15, 0.2) is 60.9 Å². The number of nitrogens with two attached hydrogens (primary N) is 2. The van der Waals surface area contributed by atoms with Crippen molar-refractivity contribution in [1.29, 1.82) is 0 Å². The zero-order valence-electron chi connectivity index (χ0n) is 16.9. The van der Waals surface area contributed by atoms with Gasteiger partial charge in [-0.25, -0.2) is 9.97 Å². The van der Waals surface area contributed by atoms with E-state index in [1.165, 1.54) is 6.33 Å². The summed E-state index contributed by atoms with van der Waals surface area (Å²) in [7, 11) is 0. The molecule has 0 aliphatic carbocycles. The number of benzene rings is 2. The lowest BCUT2D eigenvalue weighted by Crippen LogP contribution is -2.22. The molecule has 2 heterocycles. The van der Waals surface area contributed by atoms with Gasteiger partial charge in [0.25, 0.3) is 0 Å². The van der Waals surface area contributed by atoms with E-state index in [1.54, 1.807) is 0 Å². The molecule has 2 aromatic carbocycles. The predicted molar refractivity (Wildman–Crippen MR) is 121 cm³/mol. The van der Waals surface area contributed by atoms with Crippen molar-refractivity contribution in [2.45, 2.75) is 19.9 Å². The number of hydrogen-bond acceptors (Lipinski definition) is 5. The highest BCUT2D eigenvalue weighted by atomic mass is 35.5. The molecule has 30 heavy (non-hydrogen) atoms. The summed E-state index contributed by atoms with van der Waals surface area (Å²) in [5.41, 5.74) is 18.7. The van der Waals surface area contributed by atoms with Crippen molar-refractivity contribution in [3.05, 3.63) is 82.9 Å². The molecular weight excluding hydrogens is 396 g/mol. The number of aryl methyl sites for hydroxylation is 1. The molecule has 4 aromatic rings. The molecule has 0 radical (unpaired) electrons. The van der Waals surface area contributed by atoms with E-state index in [-0.39, 0.29) is 6.04 Å². The van der Waals surface area contributed by atoms with E-state index >= 15 is 0 Å². The molecule has 4 N–H and O–H groups in total. The number of hydrogen-bond donors (Lipinski definition) is 2. The predicted octanol–water partition coefficient (Wildman–Crippen LogP) is 4.41. The Hall–Kier alpha value is -3.22. The molecule has 2 aromatic heterocycles. The number of halogens is 1. The largest absolute Gasteiger partial charge is 0.383 e. The summed E-state index contributed by atoms with van der Waals surface area (Å²) in [5.74, 6) is 0.410. The Balaban J connectivity index is 1.89. The van der Waals surface area contributed by atoms with Crippen molar-refractivity contribution in [3.8, 4) is 22.4 Å². The van der Waals surface area contributed by atoms with Crippen molar-refractivity contribution >= 4 is 17.4 Å². The molecular formula is C23H23ClN6. The summed E-state index contributed by atoms with van der Waals surface area (Å²) < 4.78 is 1.98. The Bertz CT molecular complexity index is 1170. The van der Waals surface area contributed by atoms with Gasteiger partial charge in [-0.15, -0.1) is 0 Å². The fourth-order valence-electron chi connectivity index (χ4n) is 3.85. The smallest absolute Gasteiger partial charge is 0.135 e. The van der Waals surface area contributed by atoms with Crippen LogP contribution < -0.4 is 11.5 Å². The first-order valence-electron chi connectivity index (χ1n) is 9.68. The standard InChI is InChI=1S/C23H23ClN6/c1-14-20(15(2)30(29-14)19(12-25)16-6-4-3-5-7-16)22-21(23(26)28-13-27-22)17-8-10-18(24)11-9-17/h3-11,13,19H,12,25H2,1-2H3,(H2,26,27,28). The maximum absolute atomic E-state index is 6.28. The van der Waals surface area contributed by atoms with Crippen LogP contribution in [0.1, 0.15) is 23.0 Å².